The molecule has 21 heavy (non-hydrogen) atoms. The van der Waals surface area contributed by atoms with E-state index in [4.69, 9.17) is 0 Å². The molecule has 0 radical (unpaired) electrons. The predicted octanol–water partition coefficient (Wildman–Crippen LogP) is 4.51. The highest BCUT2D eigenvalue weighted by atomic mass is 16.3. The molecule has 0 spiro atoms. The van der Waals surface area contributed by atoms with Crippen LogP contribution in [-0.2, 0) is 0 Å². The number of aliphatic hydroxyl groups excluding tert-OH is 1. The lowest BCUT2D eigenvalue weighted by Gasteiger charge is -2.25. The van der Waals surface area contributed by atoms with Crippen LogP contribution < -0.4 is 0 Å². The van der Waals surface area contributed by atoms with Crippen molar-refractivity contribution in [2.24, 2.45) is 4.99 Å². The molecule has 1 aliphatic rings. The Morgan fingerprint density at radius 1 is 1.14 bits per heavy atom. The summed E-state index contributed by atoms with van der Waals surface area (Å²) in [4.78, 5) is 6.51. The molecule has 0 aromatic rings. The van der Waals surface area contributed by atoms with Gasteiger partial charge >= 0.3 is 0 Å². The van der Waals surface area contributed by atoms with E-state index in [1.54, 1.807) is 0 Å². The highest BCUT2D eigenvalue weighted by molar-refractivity contribution is 5.62. The zero-order valence-corrected chi connectivity index (χ0v) is 14.0. The first kappa shape index (κ1) is 18.4. The summed E-state index contributed by atoms with van der Waals surface area (Å²) in [5.74, 6) is 0. The van der Waals surface area contributed by atoms with Gasteiger partial charge in [0.25, 0.3) is 0 Å². The summed E-state index contributed by atoms with van der Waals surface area (Å²) in [6.07, 6.45) is 19.2. The highest BCUT2D eigenvalue weighted by Crippen LogP contribution is 2.17. The van der Waals surface area contributed by atoms with Crippen LogP contribution in [0.5, 0.6) is 0 Å². The normalized spacial score (nSPS) is 20.6. The Labute approximate surface area is 131 Å². The van der Waals surface area contributed by atoms with Crippen molar-refractivity contribution >= 4 is 6.21 Å². The minimum atomic E-state index is -0.377. The molecular weight excluding hydrogens is 260 g/mol. The van der Waals surface area contributed by atoms with Crippen molar-refractivity contribution in [2.45, 2.75) is 90.4 Å². The fourth-order valence-electron chi connectivity index (χ4n) is 2.81. The van der Waals surface area contributed by atoms with Crippen molar-refractivity contribution in [3.8, 4) is 0 Å². The van der Waals surface area contributed by atoms with Gasteiger partial charge in [-0.15, -0.1) is 0 Å². The number of unbranched alkanes of at least 4 members (excludes halogenated alkanes) is 7. The maximum Gasteiger partial charge on any atom is 0.106 e. The Kier molecular flexibility index (Phi) is 10.4. The Balaban J connectivity index is 1.90. The predicted molar refractivity (Wildman–Crippen MR) is 91.7 cm³/mol. The molecule has 3 heteroatoms. The molecule has 0 fully saturated rings. The van der Waals surface area contributed by atoms with Crippen LogP contribution in [0, 0.1) is 0 Å². The summed E-state index contributed by atoms with van der Waals surface area (Å²) >= 11 is 0. The van der Waals surface area contributed by atoms with Gasteiger partial charge < -0.3 is 5.11 Å². The molecule has 1 aliphatic heterocycles. The molecular formula is C18H34N2O. The summed E-state index contributed by atoms with van der Waals surface area (Å²) in [6, 6.07) is 0. The third-order valence-corrected chi connectivity index (χ3v) is 4.14. The number of hydrogen-bond donors (Lipinski definition) is 1. The van der Waals surface area contributed by atoms with E-state index in [1.165, 1.54) is 57.8 Å². The van der Waals surface area contributed by atoms with E-state index < -0.39 is 0 Å². The van der Waals surface area contributed by atoms with Gasteiger partial charge in [0.15, 0.2) is 0 Å². The fraction of sp³-hybridized carbons (Fsp3) is 0.833. The molecule has 0 bridgehead atoms. The summed E-state index contributed by atoms with van der Waals surface area (Å²) in [6.45, 7) is 4.85. The molecule has 2 unspecified atom stereocenters. The van der Waals surface area contributed by atoms with Crippen LogP contribution in [0.2, 0.25) is 0 Å². The molecule has 0 aliphatic carbocycles. The average molecular weight is 294 g/mol. The van der Waals surface area contributed by atoms with Gasteiger partial charge in [-0.3, -0.25) is 9.89 Å². The first-order valence-corrected chi connectivity index (χ1v) is 8.86. The van der Waals surface area contributed by atoms with Gasteiger partial charge in [0.2, 0.25) is 0 Å². The summed E-state index contributed by atoms with van der Waals surface area (Å²) < 4.78 is 0. The second kappa shape index (κ2) is 11.9. The Hall–Kier alpha value is -0.670. The molecule has 1 heterocycles. The smallest absolute Gasteiger partial charge is 0.106 e. The van der Waals surface area contributed by atoms with Crippen LogP contribution >= 0.6 is 0 Å². The molecule has 122 valence electrons. The van der Waals surface area contributed by atoms with E-state index in [1.807, 2.05) is 13.1 Å². The van der Waals surface area contributed by atoms with Crippen molar-refractivity contribution in [2.75, 3.05) is 6.54 Å². The largest absolute Gasteiger partial charge is 0.379 e. The first-order chi connectivity index (χ1) is 10.3. The monoisotopic (exact) mass is 294 g/mol. The number of aliphatic hydroxyl groups is 1. The van der Waals surface area contributed by atoms with E-state index in [9.17, 15) is 5.11 Å². The maximum absolute atomic E-state index is 9.64. The molecule has 0 saturated heterocycles. The summed E-state index contributed by atoms with van der Waals surface area (Å²) in [5.41, 5.74) is 0. The van der Waals surface area contributed by atoms with Crippen molar-refractivity contribution in [3.05, 3.63) is 12.2 Å². The standard InChI is InChI=1S/C18H34N2O/c1-3-4-5-6-7-8-9-10-11-12-13-14-18-19-15-16-20(18)17(2)21/h5-6,15,17-18,21H,3-4,7-14,16H2,1-2H3/b6-5+. The second-order valence-electron chi connectivity index (χ2n) is 6.10. The zero-order valence-electron chi connectivity index (χ0n) is 14.0. The van der Waals surface area contributed by atoms with Crippen LogP contribution in [0.25, 0.3) is 0 Å². The third kappa shape index (κ3) is 8.37. The molecule has 1 rings (SSSR count). The van der Waals surface area contributed by atoms with E-state index in [2.05, 4.69) is 29.0 Å². The van der Waals surface area contributed by atoms with Gasteiger partial charge in [-0.2, -0.15) is 0 Å². The highest BCUT2D eigenvalue weighted by Gasteiger charge is 2.23. The number of hydrogen-bond acceptors (Lipinski definition) is 3. The maximum atomic E-state index is 9.64. The minimum Gasteiger partial charge on any atom is -0.379 e. The molecule has 1 N–H and O–H groups in total. The lowest BCUT2D eigenvalue weighted by atomic mass is 10.1. The number of allylic oxidation sites excluding steroid dienone is 2. The van der Waals surface area contributed by atoms with Crippen molar-refractivity contribution in [3.63, 3.8) is 0 Å². The van der Waals surface area contributed by atoms with Crippen LogP contribution in [0.1, 0.15) is 78.1 Å². The van der Waals surface area contributed by atoms with Gasteiger partial charge in [0.05, 0.1) is 0 Å². The fourth-order valence-corrected chi connectivity index (χ4v) is 2.81. The topological polar surface area (TPSA) is 35.8 Å². The van der Waals surface area contributed by atoms with Gasteiger partial charge in [-0.1, -0.05) is 51.2 Å². The van der Waals surface area contributed by atoms with Gasteiger partial charge in [-0.05, 0) is 39.0 Å². The number of nitrogens with zero attached hydrogens (tertiary/aromatic N) is 2. The third-order valence-electron chi connectivity index (χ3n) is 4.14. The Morgan fingerprint density at radius 2 is 1.81 bits per heavy atom. The first-order valence-electron chi connectivity index (χ1n) is 8.86. The Bertz CT molecular complexity index is 300. The SMILES string of the molecule is CCC/C=C/CCCCCCCCC1N=CCN1C(C)O. The van der Waals surface area contributed by atoms with Crippen molar-refractivity contribution in [1.82, 2.24) is 4.90 Å². The van der Waals surface area contributed by atoms with Crippen LogP contribution in [0.15, 0.2) is 17.1 Å². The van der Waals surface area contributed by atoms with Gasteiger partial charge in [0.1, 0.15) is 12.4 Å². The lowest BCUT2D eigenvalue weighted by molar-refractivity contribution is 0.00710. The van der Waals surface area contributed by atoms with E-state index in [0.717, 1.165) is 13.0 Å². The van der Waals surface area contributed by atoms with Crippen LogP contribution in [0.3, 0.4) is 0 Å². The molecule has 0 aromatic carbocycles. The number of aliphatic imine (C=N–C) groups is 1. The lowest BCUT2D eigenvalue weighted by Crippen LogP contribution is -2.37. The molecule has 0 amide bonds. The quantitative estimate of drug-likeness (QED) is 0.424. The van der Waals surface area contributed by atoms with Gasteiger partial charge in [0, 0.05) is 12.8 Å². The zero-order chi connectivity index (χ0) is 15.3. The minimum absolute atomic E-state index is 0.216. The Morgan fingerprint density at radius 3 is 2.52 bits per heavy atom. The van der Waals surface area contributed by atoms with E-state index >= 15 is 0 Å². The number of rotatable bonds is 12. The van der Waals surface area contributed by atoms with Crippen LogP contribution in [0.4, 0.5) is 0 Å². The second-order valence-corrected chi connectivity index (χ2v) is 6.10. The van der Waals surface area contributed by atoms with Crippen molar-refractivity contribution < 1.29 is 5.11 Å². The molecule has 0 saturated carbocycles. The van der Waals surface area contributed by atoms with Crippen LogP contribution in [-0.4, -0.2) is 35.2 Å². The summed E-state index contributed by atoms with van der Waals surface area (Å²) in [5, 5.41) is 9.64. The van der Waals surface area contributed by atoms with Gasteiger partial charge in [-0.25, -0.2) is 0 Å². The van der Waals surface area contributed by atoms with E-state index in [-0.39, 0.29) is 12.4 Å². The molecule has 3 nitrogen and oxygen atoms in total. The molecule has 0 aromatic heterocycles. The summed E-state index contributed by atoms with van der Waals surface area (Å²) in [7, 11) is 0. The average Bonchev–Trinajstić information content (AvgIpc) is 2.93. The van der Waals surface area contributed by atoms with Crippen molar-refractivity contribution in [1.29, 1.82) is 0 Å². The van der Waals surface area contributed by atoms with E-state index in [0.29, 0.717) is 0 Å². The molecule has 2 atom stereocenters.